The van der Waals surface area contributed by atoms with E-state index in [1.165, 1.54) is 13.3 Å². The second-order valence-electron chi connectivity index (χ2n) is 8.97. The molecule has 0 amide bonds. The Hall–Kier alpha value is -3.43. The van der Waals surface area contributed by atoms with E-state index in [1.54, 1.807) is 37.5 Å². The Morgan fingerprint density at radius 3 is 2.73 bits per heavy atom. The van der Waals surface area contributed by atoms with Crippen LogP contribution in [0.5, 0.6) is 5.75 Å². The maximum atomic E-state index is 14.7. The molecule has 1 atom stereocenters. The molecular weight excluding hydrogens is 483 g/mol. The normalized spacial score (nSPS) is 16.9. The Balaban J connectivity index is 1.38. The highest BCUT2D eigenvalue weighted by Gasteiger charge is 2.32. The van der Waals surface area contributed by atoms with Crippen molar-refractivity contribution in [3.05, 3.63) is 77.2 Å². The van der Waals surface area contributed by atoms with E-state index in [9.17, 15) is 18.0 Å². The number of halogens is 3. The van der Waals surface area contributed by atoms with Gasteiger partial charge in [0.15, 0.2) is 0 Å². The summed E-state index contributed by atoms with van der Waals surface area (Å²) < 4.78 is 52.3. The number of hydrogen-bond acceptors (Lipinski definition) is 6. The van der Waals surface area contributed by atoms with Crippen LogP contribution in [0.25, 0.3) is 17.0 Å². The first-order chi connectivity index (χ1) is 17.9. The fourth-order valence-electron chi connectivity index (χ4n) is 4.68. The molecule has 0 spiro atoms. The highest BCUT2D eigenvalue weighted by atomic mass is 19.1. The van der Waals surface area contributed by atoms with Crippen molar-refractivity contribution in [2.24, 2.45) is 0 Å². The molecule has 2 aromatic carbocycles. The number of aromatic nitrogens is 1. The number of nitrogens with zero attached hydrogens (tertiary/aromatic N) is 3. The predicted molar refractivity (Wildman–Crippen MR) is 136 cm³/mol. The smallest absolute Gasteiger partial charge is 0.324 e. The molecule has 196 valence electrons. The fourth-order valence-corrected chi connectivity index (χ4v) is 4.68. The molecule has 0 unspecified atom stereocenters. The SMILES string of the molecule is COC(=O)[C@H]1CN(C/C=C/c2cc(F)ccc2F)CCN1CCCc1c(F)cnc2ccc(OC)cc12. The van der Waals surface area contributed by atoms with E-state index < -0.39 is 17.7 Å². The summed E-state index contributed by atoms with van der Waals surface area (Å²) in [5.41, 5.74) is 1.45. The average Bonchev–Trinajstić information content (AvgIpc) is 2.91. The van der Waals surface area contributed by atoms with Gasteiger partial charge in [-0.2, -0.15) is 0 Å². The molecule has 6 nitrogen and oxygen atoms in total. The lowest BCUT2D eigenvalue weighted by atomic mass is 10.0. The van der Waals surface area contributed by atoms with Crippen molar-refractivity contribution in [3.63, 3.8) is 0 Å². The first-order valence-electron chi connectivity index (χ1n) is 12.2. The maximum absolute atomic E-state index is 14.7. The van der Waals surface area contributed by atoms with E-state index in [0.29, 0.717) is 62.4 Å². The Kier molecular flexibility index (Phi) is 8.78. The summed E-state index contributed by atoms with van der Waals surface area (Å²) in [6.45, 7) is 2.81. The Morgan fingerprint density at radius 1 is 1.11 bits per heavy atom. The zero-order chi connectivity index (χ0) is 26.4. The highest BCUT2D eigenvalue weighted by molar-refractivity contribution is 5.83. The van der Waals surface area contributed by atoms with Crippen molar-refractivity contribution >= 4 is 22.9 Å². The van der Waals surface area contributed by atoms with Gasteiger partial charge >= 0.3 is 5.97 Å². The van der Waals surface area contributed by atoms with Crippen molar-refractivity contribution < 1.29 is 27.4 Å². The number of benzene rings is 2. The van der Waals surface area contributed by atoms with Crippen LogP contribution in [0.2, 0.25) is 0 Å². The number of ether oxygens (including phenoxy) is 2. The van der Waals surface area contributed by atoms with E-state index in [2.05, 4.69) is 14.8 Å². The molecule has 1 fully saturated rings. The lowest BCUT2D eigenvalue weighted by Crippen LogP contribution is -2.56. The van der Waals surface area contributed by atoms with E-state index >= 15 is 0 Å². The number of fused-ring (bicyclic) bond motifs is 1. The number of hydrogen-bond donors (Lipinski definition) is 0. The quantitative estimate of drug-likeness (QED) is 0.394. The second-order valence-corrected chi connectivity index (χ2v) is 8.97. The van der Waals surface area contributed by atoms with E-state index in [0.717, 1.165) is 23.6 Å². The molecule has 1 aliphatic rings. The molecule has 0 radical (unpaired) electrons. The van der Waals surface area contributed by atoms with Gasteiger partial charge in [-0.15, -0.1) is 0 Å². The molecule has 9 heteroatoms. The number of carbonyl (C=O) groups excluding carboxylic acids is 1. The monoisotopic (exact) mass is 513 g/mol. The number of pyridine rings is 1. The lowest BCUT2D eigenvalue weighted by Gasteiger charge is -2.39. The Labute approximate surface area is 214 Å². The van der Waals surface area contributed by atoms with Crippen molar-refractivity contribution in [3.8, 4) is 5.75 Å². The van der Waals surface area contributed by atoms with Crippen LogP contribution in [-0.4, -0.2) is 73.7 Å². The van der Waals surface area contributed by atoms with Crippen LogP contribution in [-0.2, 0) is 16.0 Å². The summed E-state index contributed by atoms with van der Waals surface area (Å²) >= 11 is 0. The Bertz CT molecular complexity index is 1280. The van der Waals surface area contributed by atoms with Gasteiger partial charge in [0.05, 0.1) is 25.9 Å². The standard InChI is InChI=1S/C28H30F3N3O3/c1-36-21-8-10-26-23(16-21)22(25(31)17-32-26)6-4-12-34-14-13-33(18-27(34)28(35)37-2)11-3-5-19-15-20(29)7-9-24(19)30/h3,5,7-10,15-17,27H,4,6,11-14,18H2,1-2H3/b5-3+/t27-/m1/s1. The molecule has 0 aliphatic carbocycles. The summed E-state index contributed by atoms with van der Waals surface area (Å²) in [6.07, 6.45) is 5.66. The molecule has 0 bridgehead atoms. The summed E-state index contributed by atoms with van der Waals surface area (Å²) in [7, 11) is 2.92. The number of rotatable bonds is 9. The minimum absolute atomic E-state index is 0.177. The molecule has 0 N–H and O–H groups in total. The molecule has 1 saturated heterocycles. The van der Waals surface area contributed by atoms with Gasteiger partial charge in [0, 0.05) is 37.1 Å². The van der Waals surface area contributed by atoms with Gasteiger partial charge in [-0.25, -0.2) is 13.2 Å². The predicted octanol–water partition coefficient (Wildman–Crippen LogP) is 4.47. The van der Waals surface area contributed by atoms with Gasteiger partial charge in [-0.1, -0.05) is 12.2 Å². The van der Waals surface area contributed by atoms with Crippen LogP contribution in [0, 0.1) is 17.5 Å². The van der Waals surface area contributed by atoms with Crippen LogP contribution < -0.4 is 4.74 Å². The van der Waals surface area contributed by atoms with Gasteiger partial charge < -0.3 is 9.47 Å². The molecule has 37 heavy (non-hydrogen) atoms. The Morgan fingerprint density at radius 2 is 1.95 bits per heavy atom. The van der Waals surface area contributed by atoms with Gasteiger partial charge in [-0.3, -0.25) is 19.6 Å². The molecular formula is C28H30F3N3O3. The van der Waals surface area contributed by atoms with Crippen LogP contribution >= 0.6 is 0 Å². The second kappa shape index (κ2) is 12.2. The minimum Gasteiger partial charge on any atom is -0.497 e. The first kappa shape index (κ1) is 26.6. The number of carbonyl (C=O) groups is 1. The third kappa shape index (κ3) is 6.47. The summed E-state index contributed by atoms with van der Waals surface area (Å²) in [5.74, 6) is -1.06. The van der Waals surface area contributed by atoms with Crippen LogP contribution in [0.1, 0.15) is 17.5 Å². The van der Waals surface area contributed by atoms with Gasteiger partial charge in [0.2, 0.25) is 0 Å². The average molecular weight is 514 g/mol. The largest absolute Gasteiger partial charge is 0.497 e. The first-order valence-corrected chi connectivity index (χ1v) is 12.2. The van der Waals surface area contributed by atoms with Gasteiger partial charge in [0.1, 0.15) is 29.2 Å². The minimum atomic E-state index is -0.501. The topological polar surface area (TPSA) is 54.9 Å². The number of methoxy groups -OCH3 is 2. The third-order valence-corrected chi connectivity index (χ3v) is 6.67. The number of aryl methyl sites for hydroxylation is 1. The number of esters is 1. The maximum Gasteiger partial charge on any atom is 0.324 e. The zero-order valence-electron chi connectivity index (χ0n) is 20.9. The van der Waals surface area contributed by atoms with E-state index in [-0.39, 0.29) is 17.3 Å². The molecule has 1 aliphatic heterocycles. The zero-order valence-corrected chi connectivity index (χ0v) is 20.9. The molecule has 0 saturated carbocycles. The molecule has 1 aromatic heterocycles. The van der Waals surface area contributed by atoms with Gasteiger partial charge in [-0.05, 0) is 61.3 Å². The third-order valence-electron chi connectivity index (χ3n) is 6.67. The summed E-state index contributed by atoms with van der Waals surface area (Å²) in [6, 6.07) is 8.23. The van der Waals surface area contributed by atoms with Gasteiger partial charge in [0.25, 0.3) is 0 Å². The fraction of sp³-hybridized carbons (Fsp3) is 0.357. The van der Waals surface area contributed by atoms with E-state index in [4.69, 9.17) is 9.47 Å². The van der Waals surface area contributed by atoms with Crippen LogP contribution in [0.3, 0.4) is 0 Å². The van der Waals surface area contributed by atoms with Crippen molar-refractivity contribution in [2.75, 3.05) is 46.9 Å². The van der Waals surface area contributed by atoms with Crippen molar-refractivity contribution in [1.29, 1.82) is 0 Å². The van der Waals surface area contributed by atoms with Crippen LogP contribution in [0.15, 0.2) is 48.7 Å². The summed E-state index contributed by atoms with van der Waals surface area (Å²) in [5, 5.41) is 0.718. The van der Waals surface area contributed by atoms with Crippen LogP contribution in [0.4, 0.5) is 13.2 Å². The summed E-state index contributed by atoms with van der Waals surface area (Å²) in [4.78, 5) is 20.8. The lowest BCUT2D eigenvalue weighted by molar-refractivity contribution is -0.149. The van der Waals surface area contributed by atoms with E-state index in [1.807, 2.05) is 0 Å². The molecule has 3 aromatic rings. The van der Waals surface area contributed by atoms with Crippen molar-refractivity contribution in [1.82, 2.24) is 14.8 Å². The molecule has 4 rings (SSSR count). The molecule has 2 heterocycles. The van der Waals surface area contributed by atoms with Crippen molar-refractivity contribution in [2.45, 2.75) is 18.9 Å². The highest BCUT2D eigenvalue weighted by Crippen LogP contribution is 2.26. The number of piperazine rings is 1.